The summed E-state index contributed by atoms with van der Waals surface area (Å²) in [5.74, 6) is 1.36. The quantitative estimate of drug-likeness (QED) is 0.720. The Hall–Kier alpha value is -2.08. The monoisotopic (exact) mass is 346 g/mol. The van der Waals surface area contributed by atoms with E-state index in [0.717, 1.165) is 34.4 Å². The predicted molar refractivity (Wildman–Crippen MR) is 86.2 cm³/mol. The molecule has 6 heteroatoms. The van der Waals surface area contributed by atoms with E-state index in [0.29, 0.717) is 12.6 Å². The van der Waals surface area contributed by atoms with Gasteiger partial charge in [-0.3, -0.25) is 4.57 Å². The van der Waals surface area contributed by atoms with Crippen molar-refractivity contribution in [1.29, 1.82) is 0 Å². The molecule has 0 fully saturated rings. The fourth-order valence-corrected chi connectivity index (χ4v) is 2.47. The van der Waals surface area contributed by atoms with Gasteiger partial charge in [0.2, 0.25) is 5.95 Å². The van der Waals surface area contributed by atoms with Gasteiger partial charge in [0.15, 0.2) is 5.65 Å². The highest BCUT2D eigenvalue weighted by molar-refractivity contribution is 9.10. The molecule has 108 valence electrons. The van der Waals surface area contributed by atoms with Crippen molar-refractivity contribution >= 4 is 33.0 Å². The minimum Gasteiger partial charge on any atom is -0.494 e. The molecule has 0 aliphatic heterocycles. The Morgan fingerprint density at radius 1 is 1.24 bits per heavy atom. The molecule has 2 N–H and O–H groups in total. The summed E-state index contributed by atoms with van der Waals surface area (Å²) in [4.78, 5) is 8.69. The van der Waals surface area contributed by atoms with Crippen LogP contribution in [0, 0.1) is 0 Å². The number of para-hydroxylation sites is 1. The van der Waals surface area contributed by atoms with Crippen LogP contribution in [-0.2, 0) is 6.54 Å². The maximum atomic E-state index is 5.95. The molecule has 1 aromatic carbocycles. The second-order valence-electron chi connectivity index (χ2n) is 4.63. The van der Waals surface area contributed by atoms with Gasteiger partial charge in [0.25, 0.3) is 0 Å². The van der Waals surface area contributed by atoms with Gasteiger partial charge in [-0.15, -0.1) is 0 Å². The summed E-state index contributed by atoms with van der Waals surface area (Å²) in [6.07, 6.45) is 2.59. The highest BCUT2D eigenvalue weighted by atomic mass is 79.9. The summed E-state index contributed by atoms with van der Waals surface area (Å²) in [7, 11) is 0. The zero-order valence-electron chi connectivity index (χ0n) is 11.4. The van der Waals surface area contributed by atoms with Gasteiger partial charge in [0.05, 0.1) is 6.61 Å². The van der Waals surface area contributed by atoms with Crippen LogP contribution in [0.2, 0.25) is 0 Å². The van der Waals surface area contributed by atoms with Crippen LogP contribution in [-0.4, -0.2) is 21.1 Å². The molecule has 0 unspecified atom stereocenters. The Morgan fingerprint density at radius 3 is 2.86 bits per heavy atom. The Balaban J connectivity index is 1.64. The number of rotatable bonds is 5. The van der Waals surface area contributed by atoms with E-state index < -0.39 is 0 Å². The first-order chi connectivity index (χ1) is 10.2. The van der Waals surface area contributed by atoms with Gasteiger partial charge in [-0.2, -0.15) is 0 Å². The van der Waals surface area contributed by atoms with Crippen LogP contribution >= 0.6 is 15.9 Å². The smallest absolute Gasteiger partial charge is 0.202 e. The lowest BCUT2D eigenvalue weighted by molar-refractivity contribution is 0.303. The molecule has 0 aliphatic carbocycles. The molecule has 2 heterocycles. The summed E-state index contributed by atoms with van der Waals surface area (Å²) in [5, 5.41) is 0. The number of benzene rings is 1. The van der Waals surface area contributed by atoms with Crippen molar-refractivity contribution in [2.24, 2.45) is 0 Å². The summed E-state index contributed by atoms with van der Waals surface area (Å²) >= 11 is 3.38. The minimum atomic E-state index is 0.482. The Bertz CT molecular complexity index is 742. The van der Waals surface area contributed by atoms with Gasteiger partial charge in [-0.25, -0.2) is 9.97 Å². The first-order valence-corrected chi connectivity index (χ1v) is 7.48. The molecule has 5 nitrogen and oxygen atoms in total. The van der Waals surface area contributed by atoms with E-state index in [1.54, 1.807) is 6.20 Å². The lowest BCUT2D eigenvalue weighted by Gasteiger charge is -2.08. The maximum Gasteiger partial charge on any atom is 0.202 e. The third-order valence-corrected chi connectivity index (χ3v) is 3.55. The molecule has 0 bridgehead atoms. The SMILES string of the molecule is Nc1nc2cc(Br)cnc2n1CCCOc1ccccc1. The van der Waals surface area contributed by atoms with Crippen molar-refractivity contribution < 1.29 is 4.74 Å². The van der Waals surface area contributed by atoms with Crippen molar-refractivity contribution in [3.63, 3.8) is 0 Å². The summed E-state index contributed by atoms with van der Waals surface area (Å²) in [6, 6.07) is 11.7. The maximum absolute atomic E-state index is 5.95. The summed E-state index contributed by atoms with van der Waals surface area (Å²) < 4.78 is 8.48. The van der Waals surface area contributed by atoms with Crippen LogP contribution in [0.3, 0.4) is 0 Å². The standard InChI is InChI=1S/C15H15BrN4O/c16-11-9-13-14(18-10-11)20(15(17)19-13)7-4-8-21-12-5-2-1-3-6-12/h1-3,5-6,9-10H,4,7-8H2,(H2,17,19). The van der Waals surface area contributed by atoms with Crippen molar-refractivity contribution in [3.05, 3.63) is 47.1 Å². The number of ether oxygens (including phenoxy) is 1. The molecule has 2 aromatic heterocycles. The van der Waals surface area contributed by atoms with Gasteiger partial charge in [-0.1, -0.05) is 18.2 Å². The Kier molecular flexibility index (Phi) is 4.06. The number of hydrogen-bond donors (Lipinski definition) is 1. The minimum absolute atomic E-state index is 0.482. The molecule has 0 radical (unpaired) electrons. The summed E-state index contributed by atoms with van der Waals surface area (Å²) in [6.45, 7) is 1.35. The van der Waals surface area contributed by atoms with Crippen molar-refractivity contribution in [3.8, 4) is 5.75 Å². The summed E-state index contributed by atoms with van der Waals surface area (Å²) in [5.41, 5.74) is 7.55. The number of pyridine rings is 1. The van der Waals surface area contributed by atoms with E-state index in [9.17, 15) is 0 Å². The molecule has 0 aliphatic rings. The molecule has 3 rings (SSSR count). The number of nitrogen functional groups attached to an aromatic ring is 1. The first kappa shape index (κ1) is 13.9. The second-order valence-corrected chi connectivity index (χ2v) is 5.55. The Labute approximate surface area is 130 Å². The molecule has 0 atom stereocenters. The second kappa shape index (κ2) is 6.13. The first-order valence-electron chi connectivity index (χ1n) is 6.69. The van der Waals surface area contributed by atoms with Crippen molar-refractivity contribution in [2.75, 3.05) is 12.3 Å². The third-order valence-electron chi connectivity index (χ3n) is 3.12. The highest BCUT2D eigenvalue weighted by Crippen LogP contribution is 2.20. The molecular weight excluding hydrogens is 332 g/mol. The van der Waals surface area contributed by atoms with E-state index in [2.05, 4.69) is 25.9 Å². The van der Waals surface area contributed by atoms with Gasteiger partial charge in [-0.05, 0) is 40.5 Å². The molecular formula is C15H15BrN4O. The fourth-order valence-electron chi connectivity index (χ4n) is 2.15. The van der Waals surface area contributed by atoms with Crippen molar-refractivity contribution in [2.45, 2.75) is 13.0 Å². The van der Waals surface area contributed by atoms with Gasteiger partial charge >= 0.3 is 0 Å². The number of imidazole rings is 1. The van der Waals surface area contributed by atoms with Gasteiger partial charge in [0.1, 0.15) is 11.3 Å². The largest absolute Gasteiger partial charge is 0.494 e. The van der Waals surface area contributed by atoms with Gasteiger partial charge < -0.3 is 10.5 Å². The average molecular weight is 347 g/mol. The molecule has 3 aromatic rings. The fraction of sp³-hybridized carbons (Fsp3) is 0.200. The van der Waals surface area contributed by atoms with Gasteiger partial charge in [0, 0.05) is 17.2 Å². The molecule has 0 saturated heterocycles. The van der Waals surface area contributed by atoms with E-state index in [4.69, 9.17) is 10.5 Å². The predicted octanol–water partition coefficient (Wildman–Crippen LogP) is 3.25. The zero-order chi connectivity index (χ0) is 14.7. The molecule has 0 saturated carbocycles. The number of halogens is 1. The average Bonchev–Trinajstić information content (AvgIpc) is 2.79. The number of hydrogen-bond acceptors (Lipinski definition) is 4. The lowest BCUT2D eigenvalue weighted by Crippen LogP contribution is -2.08. The molecule has 0 amide bonds. The Morgan fingerprint density at radius 2 is 2.05 bits per heavy atom. The number of nitrogens with zero attached hydrogens (tertiary/aromatic N) is 3. The lowest BCUT2D eigenvalue weighted by atomic mass is 10.3. The van der Waals surface area contributed by atoms with E-state index >= 15 is 0 Å². The van der Waals surface area contributed by atoms with Crippen LogP contribution in [0.1, 0.15) is 6.42 Å². The third kappa shape index (κ3) is 3.16. The zero-order valence-corrected chi connectivity index (χ0v) is 13.0. The highest BCUT2D eigenvalue weighted by Gasteiger charge is 2.09. The van der Waals surface area contributed by atoms with Crippen LogP contribution in [0.25, 0.3) is 11.2 Å². The number of aromatic nitrogens is 3. The van der Waals surface area contributed by atoms with E-state index in [1.807, 2.05) is 41.0 Å². The van der Waals surface area contributed by atoms with E-state index in [-0.39, 0.29) is 0 Å². The number of fused-ring (bicyclic) bond motifs is 1. The topological polar surface area (TPSA) is 66.0 Å². The normalized spacial score (nSPS) is 10.9. The van der Waals surface area contributed by atoms with Crippen LogP contribution in [0.15, 0.2) is 47.1 Å². The van der Waals surface area contributed by atoms with E-state index in [1.165, 1.54) is 0 Å². The van der Waals surface area contributed by atoms with Crippen LogP contribution in [0.5, 0.6) is 5.75 Å². The van der Waals surface area contributed by atoms with Crippen molar-refractivity contribution in [1.82, 2.24) is 14.5 Å². The number of anilines is 1. The number of nitrogens with two attached hydrogens (primary N) is 1. The van der Waals surface area contributed by atoms with Crippen LogP contribution < -0.4 is 10.5 Å². The molecule has 21 heavy (non-hydrogen) atoms. The van der Waals surface area contributed by atoms with Crippen LogP contribution in [0.4, 0.5) is 5.95 Å². The number of aryl methyl sites for hydroxylation is 1. The molecule has 0 spiro atoms.